The summed E-state index contributed by atoms with van der Waals surface area (Å²) in [5.41, 5.74) is 5.16. The number of carbonyl (C=O) groups is 2. The van der Waals surface area contributed by atoms with E-state index in [1.165, 1.54) is 0 Å². The zero-order valence-electron chi connectivity index (χ0n) is 10.5. The first-order chi connectivity index (χ1) is 9.30. The highest BCUT2D eigenvalue weighted by atomic mass is 32.2. The maximum Gasteiger partial charge on any atom is 0.325 e. The van der Waals surface area contributed by atoms with Gasteiger partial charge in [-0.1, -0.05) is 0 Å². The van der Waals surface area contributed by atoms with Crippen molar-refractivity contribution in [1.82, 2.24) is 14.1 Å². The number of aromatic nitrogens is 2. The van der Waals surface area contributed by atoms with Crippen molar-refractivity contribution in [1.29, 1.82) is 0 Å². The van der Waals surface area contributed by atoms with Crippen molar-refractivity contribution in [2.24, 2.45) is 11.7 Å². The summed E-state index contributed by atoms with van der Waals surface area (Å²) in [6.45, 7) is -0.165. The summed E-state index contributed by atoms with van der Waals surface area (Å²) < 4.78 is 26.7. The number of carbonyl (C=O) groups excluding carboxylic acids is 1. The van der Waals surface area contributed by atoms with Gasteiger partial charge in [0.05, 0.1) is 12.1 Å². The molecule has 1 aromatic rings. The van der Waals surface area contributed by atoms with E-state index in [1.807, 2.05) is 0 Å². The Morgan fingerprint density at radius 1 is 1.50 bits per heavy atom. The van der Waals surface area contributed by atoms with Crippen LogP contribution in [0.4, 0.5) is 0 Å². The van der Waals surface area contributed by atoms with Gasteiger partial charge >= 0.3 is 5.97 Å². The summed E-state index contributed by atoms with van der Waals surface area (Å²) in [7, 11) is -3.77. The first kappa shape index (κ1) is 14.5. The topological polar surface area (TPSA) is 136 Å². The number of hydrogen-bond acceptors (Lipinski definition) is 5. The van der Waals surface area contributed by atoms with Crippen LogP contribution in [0.1, 0.15) is 6.42 Å². The van der Waals surface area contributed by atoms with Crippen LogP contribution >= 0.6 is 0 Å². The van der Waals surface area contributed by atoms with Crippen LogP contribution in [0.5, 0.6) is 0 Å². The molecule has 1 saturated heterocycles. The van der Waals surface area contributed by atoms with Gasteiger partial charge in [0, 0.05) is 19.3 Å². The highest BCUT2D eigenvalue weighted by Crippen LogP contribution is 2.23. The largest absolute Gasteiger partial charge is 0.480 e. The minimum atomic E-state index is -3.77. The number of nitrogens with two attached hydrogens (primary N) is 1. The second-order valence-electron chi connectivity index (χ2n) is 4.52. The molecule has 0 radical (unpaired) electrons. The van der Waals surface area contributed by atoms with Crippen molar-refractivity contribution >= 4 is 21.9 Å². The molecule has 20 heavy (non-hydrogen) atoms. The molecular formula is C10H14N4O5S. The standard InChI is InChI=1S/C10H14N4O5S/c11-10(17)7-1-2-14(4-7)20(18,19)8-3-12-13(5-8)6-9(15)16/h3,5,7H,1-2,4,6H2,(H2,11,17)(H,15,16). The molecule has 9 nitrogen and oxygen atoms in total. The van der Waals surface area contributed by atoms with E-state index in [4.69, 9.17) is 10.8 Å². The van der Waals surface area contributed by atoms with Gasteiger partial charge in [-0.15, -0.1) is 0 Å². The van der Waals surface area contributed by atoms with Crippen molar-refractivity contribution < 1.29 is 23.1 Å². The van der Waals surface area contributed by atoms with Crippen molar-refractivity contribution in [2.75, 3.05) is 13.1 Å². The summed E-state index contributed by atoms with van der Waals surface area (Å²) in [6.07, 6.45) is 2.63. The number of sulfonamides is 1. The molecule has 1 atom stereocenters. The molecular weight excluding hydrogens is 288 g/mol. The van der Waals surface area contributed by atoms with Crippen LogP contribution in [-0.4, -0.2) is 52.6 Å². The Hall–Kier alpha value is -1.94. The van der Waals surface area contributed by atoms with E-state index >= 15 is 0 Å². The molecule has 0 spiro atoms. The van der Waals surface area contributed by atoms with Crippen LogP contribution in [-0.2, 0) is 26.2 Å². The van der Waals surface area contributed by atoms with Crippen molar-refractivity contribution in [3.8, 4) is 0 Å². The van der Waals surface area contributed by atoms with Crippen LogP contribution in [0.3, 0.4) is 0 Å². The van der Waals surface area contributed by atoms with Gasteiger partial charge in [0.15, 0.2) is 0 Å². The van der Waals surface area contributed by atoms with Gasteiger partial charge in [0.2, 0.25) is 15.9 Å². The van der Waals surface area contributed by atoms with Crippen molar-refractivity contribution in [3.63, 3.8) is 0 Å². The monoisotopic (exact) mass is 302 g/mol. The Morgan fingerprint density at radius 2 is 2.20 bits per heavy atom. The fourth-order valence-electron chi connectivity index (χ4n) is 2.03. The summed E-state index contributed by atoms with van der Waals surface area (Å²) >= 11 is 0. The summed E-state index contributed by atoms with van der Waals surface area (Å²) in [4.78, 5) is 21.5. The highest BCUT2D eigenvalue weighted by Gasteiger charge is 2.35. The molecule has 3 N–H and O–H groups in total. The van der Waals surface area contributed by atoms with Crippen LogP contribution in [0.15, 0.2) is 17.3 Å². The zero-order valence-corrected chi connectivity index (χ0v) is 11.3. The number of rotatable bonds is 5. The maximum atomic E-state index is 12.3. The lowest BCUT2D eigenvalue weighted by Crippen LogP contribution is -2.31. The Kier molecular flexibility index (Phi) is 3.77. The average molecular weight is 302 g/mol. The van der Waals surface area contributed by atoms with Gasteiger partial charge in [-0.3, -0.25) is 14.3 Å². The molecule has 10 heteroatoms. The molecule has 0 saturated carbocycles. The number of aliphatic carboxylic acids is 1. The Morgan fingerprint density at radius 3 is 2.75 bits per heavy atom. The third-order valence-corrected chi connectivity index (χ3v) is 4.92. The number of hydrogen-bond donors (Lipinski definition) is 2. The first-order valence-electron chi connectivity index (χ1n) is 5.84. The van der Waals surface area contributed by atoms with Crippen LogP contribution in [0, 0.1) is 5.92 Å². The van der Waals surface area contributed by atoms with Crippen LogP contribution in [0.2, 0.25) is 0 Å². The molecule has 0 aliphatic carbocycles. The van der Waals surface area contributed by atoms with Gasteiger partial charge in [-0.05, 0) is 6.42 Å². The zero-order chi connectivity index (χ0) is 14.9. The molecule has 0 aromatic carbocycles. The lowest BCUT2D eigenvalue weighted by atomic mass is 10.1. The molecule has 2 rings (SSSR count). The molecule has 1 amide bonds. The third-order valence-electron chi connectivity index (χ3n) is 3.10. The predicted molar refractivity (Wildman–Crippen MR) is 65.9 cm³/mol. The number of carboxylic acid groups (broad SMARTS) is 1. The van der Waals surface area contributed by atoms with E-state index in [2.05, 4.69) is 5.10 Å². The number of carboxylic acids is 1. The number of nitrogens with zero attached hydrogens (tertiary/aromatic N) is 3. The van der Waals surface area contributed by atoms with E-state index in [0.717, 1.165) is 21.4 Å². The van der Waals surface area contributed by atoms with Crippen LogP contribution in [0.25, 0.3) is 0 Å². The lowest BCUT2D eigenvalue weighted by molar-refractivity contribution is -0.137. The lowest BCUT2D eigenvalue weighted by Gasteiger charge is -2.14. The summed E-state index contributed by atoms with van der Waals surface area (Å²) in [5.74, 6) is -2.13. The van der Waals surface area contributed by atoms with Gasteiger partial charge in [0.1, 0.15) is 11.4 Å². The molecule has 0 bridgehead atoms. The van der Waals surface area contributed by atoms with E-state index in [9.17, 15) is 18.0 Å². The molecule has 110 valence electrons. The van der Waals surface area contributed by atoms with E-state index in [0.29, 0.717) is 6.42 Å². The Balaban J connectivity index is 2.17. The minimum absolute atomic E-state index is 0.0434. The quantitative estimate of drug-likeness (QED) is 0.677. The van der Waals surface area contributed by atoms with E-state index in [-0.39, 0.29) is 18.0 Å². The predicted octanol–water partition coefficient (Wildman–Crippen LogP) is -1.54. The second-order valence-corrected chi connectivity index (χ2v) is 6.46. The van der Waals surface area contributed by atoms with E-state index < -0.39 is 34.4 Å². The second kappa shape index (κ2) is 5.21. The van der Waals surface area contributed by atoms with Gasteiger partial charge < -0.3 is 10.8 Å². The highest BCUT2D eigenvalue weighted by molar-refractivity contribution is 7.89. The summed E-state index contributed by atoms with van der Waals surface area (Å²) in [5, 5.41) is 12.3. The molecule has 1 fully saturated rings. The Labute approximate surface area is 115 Å². The molecule has 1 aromatic heterocycles. The smallest absolute Gasteiger partial charge is 0.325 e. The van der Waals surface area contributed by atoms with Crippen LogP contribution < -0.4 is 5.73 Å². The molecule has 1 aliphatic rings. The molecule has 1 unspecified atom stereocenters. The van der Waals surface area contributed by atoms with Gasteiger partial charge in [-0.25, -0.2) is 8.42 Å². The van der Waals surface area contributed by atoms with Crippen molar-refractivity contribution in [3.05, 3.63) is 12.4 Å². The molecule has 2 heterocycles. The number of amides is 1. The third kappa shape index (κ3) is 2.80. The fourth-order valence-corrected chi connectivity index (χ4v) is 3.49. The summed E-state index contributed by atoms with van der Waals surface area (Å²) in [6, 6.07) is 0. The SMILES string of the molecule is NC(=O)C1CCN(S(=O)(=O)c2cnn(CC(=O)O)c2)C1. The molecule has 1 aliphatic heterocycles. The minimum Gasteiger partial charge on any atom is -0.480 e. The fraction of sp³-hybridized carbons (Fsp3) is 0.500. The number of primary amides is 1. The van der Waals surface area contributed by atoms with Crippen molar-refractivity contribution in [2.45, 2.75) is 17.9 Å². The van der Waals surface area contributed by atoms with Gasteiger partial charge in [0.25, 0.3) is 0 Å². The maximum absolute atomic E-state index is 12.3. The average Bonchev–Trinajstić information content (AvgIpc) is 2.95. The Bertz CT molecular complexity index is 638. The van der Waals surface area contributed by atoms with E-state index in [1.54, 1.807) is 0 Å². The first-order valence-corrected chi connectivity index (χ1v) is 7.28. The van der Waals surface area contributed by atoms with Gasteiger partial charge in [-0.2, -0.15) is 9.40 Å². The normalized spacial score (nSPS) is 20.1.